The number of methoxy groups -OCH3 is 1. The summed E-state index contributed by atoms with van der Waals surface area (Å²) in [7, 11) is -3.22. The summed E-state index contributed by atoms with van der Waals surface area (Å²) in [5.74, 6) is -0.202. The number of anilines is 1. The number of hydrogen-bond acceptors (Lipinski definition) is 7. The number of nitro benzene ring substituents is 1. The molecule has 0 fully saturated rings. The predicted molar refractivity (Wildman–Crippen MR) is 64.7 cm³/mol. The van der Waals surface area contributed by atoms with E-state index in [9.17, 15) is 18.5 Å². The van der Waals surface area contributed by atoms with Crippen molar-refractivity contribution in [2.24, 2.45) is 0 Å². The lowest BCUT2D eigenvalue weighted by Crippen LogP contribution is -2.09. The molecule has 9 nitrogen and oxygen atoms in total. The van der Waals surface area contributed by atoms with Gasteiger partial charge in [-0.25, -0.2) is 0 Å². The van der Waals surface area contributed by atoms with Crippen LogP contribution >= 0.6 is 0 Å². The molecule has 0 heterocycles. The topological polar surface area (TPSA) is 142 Å². The maximum atomic E-state index is 11.0. The van der Waals surface area contributed by atoms with E-state index in [1.54, 1.807) is 0 Å². The van der Waals surface area contributed by atoms with Gasteiger partial charge in [0.1, 0.15) is 11.5 Å². The Morgan fingerprint density at radius 1 is 1.42 bits per heavy atom. The zero-order valence-electron chi connectivity index (χ0n) is 9.90. The van der Waals surface area contributed by atoms with Crippen LogP contribution in [0.5, 0.6) is 5.75 Å². The van der Waals surface area contributed by atoms with Gasteiger partial charge in [0.05, 0.1) is 17.2 Å². The van der Waals surface area contributed by atoms with E-state index in [1.807, 2.05) is 0 Å². The summed E-state index contributed by atoms with van der Waals surface area (Å²) in [4.78, 5) is 9.25. The minimum atomic E-state index is -4.64. The highest BCUT2D eigenvalue weighted by Gasteiger charge is 2.24. The molecule has 0 aromatic heterocycles. The number of nitrogens with zero attached hydrogens (tertiary/aromatic N) is 1. The summed E-state index contributed by atoms with van der Waals surface area (Å²) in [5.41, 5.74) is 4.45. The van der Waals surface area contributed by atoms with E-state index in [1.165, 1.54) is 7.11 Å². The molecule has 0 saturated carbocycles. The zero-order chi connectivity index (χ0) is 14.6. The predicted octanol–water partition coefficient (Wildman–Crippen LogP) is 0.449. The lowest BCUT2D eigenvalue weighted by molar-refractivity contribution is -0.386. The maximum absolute atomic E-state index is 11.0. The molecule has 1 rings (SSSR count). The van der Waals surface area contributed by atoms with Crippen LogP contribution < -0.4 is 10.5 Å². The summed E-state index contributed by atoms with van der Waals surface area (Å²) in [5, 5.41) is 10.8. The number of benzene rings is 1. The molecule has 0 amide bonds. The molecule has 1 aromatic rings. The molecular formula is C9H12N2O7S. The summed E-state index contributed by atoms with van der Waals surface area (Å²) >= 11 is 0. The first-order valence-electron chi connectivity index (χ1n) is 4.94. The molecule has 0 bridgehead atoms. The minimum Gasteiger partial charge on any atom is -0.484 e. The number of ether oxygens (including phenoxy) is 2. The van der Waals surface area contributed by atoms with Crippen molar-refractivity contribution in [2.45, 2.75) is 4.90 Å². The molecule has 0 aliphatic rings. The van der Waals surface area contributed by atoms with Gasteiger partial charge >= 0.3 is 5.69 Å². The molecule has 106 valence electrons. The molecule has 0 atom stereocenters. The van der Waals surface area contributed by atoms with Crippen LogP contribution in [0.1, 0.15) is 0 Å². The second-order valence-corrected chi connectivity index (χ2v) is 4.82. The largest absolute Gasteiger partial charge is 0.484 e. The molecule has 10 heteroatoms. The zero-order valence-corrected chi connectivity index (χ0v) is 10.7. The molecule has 0 aliphatic carbocycles. The van der Waals surface area contributed by atoms with Crippen LogP contribution in [0, 0.1) is 10.1 Å². The Bertz CT molecular complexity index is 584. The second kappa shape index (κ2) is 5.82. The van der Waals surface area contributed by atoms with Crippen molar-refractivity contribution in [3.63, 3.8) is 0 Å². The third-order valence-electron chi connectivity index (χ3n) is 2.11. The summed E-state index contributed by atoms with van der Waals surface area (Å²) in [6.07, 6.45) is 0. The molecule has 3 N–H and O–H groups in total. The van der Waals surface area contributed by atoms with Gasteiger partial charge in [-0.05, 0) is 0 Å². The Labute approximate surface area is 108 Å². The third-order valence-corrected chi connectivity index (χ3v) is 3.02. The van der Waals surface area contributed by atoms with Crippen LogP contribution in [-0.2, 0) is 14.9 Å². The van der Waals surface area contributed by atoms with Gasteiger partial charge in [-0.15, -0.1) is 0 Å². The van der Waals surface area contributed by atoms with Gasteiger partial charge in [0.2, 0.25) is 0 Å². The number of nitrogens with two attached hydrogens (primary N) is 1. The van der Waals surface area contributed by atoms with E-state index in [0.29, 0.717) is 6.07 Å². The average Bonchev–Trinajstić information content (AvgIpc) is 2.27. The molecule has 0 spiro atoms. The SMILES string of the molecule is COCCOc1cc(N)c(S(=O)(=O)O)cc1[N+](=O)[O-]. The first kappa shape index (κ1) is 15.1. The molecule has 1 aromatic carbocycles. The number of hydrogen-bond donors (Lipinski definition) is 2. The Hall–Kier alpha value is -1.91. The standard InChI is InChI=1S/C9H12N2O7S/c1-17-2-3-18-8-4-6(10)9(19(14,15)16)5-7(8)11(12)13/h4-5H,2-3,10H2,1H3,(H,14,15,16). The molecular weight excluding hydrogens is 280 g/mol. The number of nitrogen functional groups attached to an aromatic ring is 1. The van der Waals surface area contributed by atoms with Gasteiger partial charge < -0.3 is 15.2 Å². The fourth-order valence-electron chi connectivity index (χ4n) is 1.28. The molecule has 0 radical (unpaired) electrons. The van der Waals surface area contributed by atoms with Crippen molar-refractivity contribution in [1.29, 1.82) is 0 Å². The van der Waals surface area contributed by atoms with Crippen LogP contribution in [-0.4, -0.2) is 38.2 Å². The minimum absolute atomic E-state index is 0.0298. The van der Waals surface area contributed by atoms with Gasteiger partial charge in [-0.1, -0.05) is 0 Å². The summed E-state index contributed by atoms with van der Waals surface area (Å²) in [6, 6.07) is 1.61. The first-order valence-corrected chi connectivity index (χ1v) is 6.38. The van der Waals surface area contributed by atoms with Crippen molar-refractivity contribution in [3.05, 3.63) is 22.2 Å². The van der Waals surface area contributed by atoms with Crippen molar-refractivity contribution >= 4 is 21.5 Å². The summed E-state index contributed by atoms with van der Waals surface area (Å²) in [6.45, 7) is 0.221. The highest BCUT2D eigenvalue weighted by atomic mass is 32.2. The third kappa shape index (κ3) is 3.77. The van der Waals surface area contributed by atoms with Crippen molar-refractivity contribution in [1.82, 2.24) is 0 Å². The van der Waals surface area contributed by atoms with Gasteiger partial charge in [-0.2, -0.15) is 8.42 Å². The fraction of sp³-hybridized carbons (Fsp3) is 0.333. The van der Waals surface area contributed by atoms with E-state index in [4.69, 9.17) is 19.8 Å². The van der Waals surface area contributed by atoms with E-state index >= 15 is 0 Å². The van der Waals surface area contributed by atoms with Crippen LogP contribution in [0.2, 0.25) is 0 Å². The second-order valence-electron chi connectivity index (χ2n) is 3.43. The lowest BCUT2D eigenvalue weighted by atomic mass is 10.2. The van der Waals surface area contributed by atoms with Gasteiger partial charge in [-0.3, -0.25) is 14.7 Å². The lowest BCUT2D eigenvalue weighted by Gasteiger charge is -2.09. The highest BCUT2D eigenvalue weighted by Crippen LogP contribution is 2.34. The average molecular weight is 292 g/mol. The Kier molecular flexibility index (Phi) is 4.64. The number of rotatable bonds is 6. The Morgan fingerprint density at radius 2 is 2.05 bits per heavy atom. The first-order chi connectivity index (χ1) is 8.77. The van der Waals surface area contributed by atoms with Crippen molar-refractivity contribution in [2.75, 3.05) is 26.1 Å². The number of nitro groups is 1. The molecule has 0 saturated heterocycles. The van der Waals surface area contributed by atoms with Crippen LogP contribution in [0.15, 0.2) is 17.0 Å². The normalized spacial score (nSPS) is 11.3. The van der Waals surface area contributed by atoms with Crippen LogP contribution in [0.3, 0.4) is 0 Å². The van der Waals surface area contributed by atoms with Crippen molar-refractivity contribution < 1.29 is 27.4 Å². The smallest absolute Gasteiger partial charge is 0.312 e. The Balaban J connectivity index is 3.26. The monoisotopic (exact) mass is 292 g/mol. The summed E-state index contributed by atoms with van der Waals surface area (Å²) < 4.78 is 40.6. The molecule has 0 aliphatic heterocycles. The quantitative estimate of drug-likeness (QED) is 0.253. The van der Waals surface area contributed by atoms with E-state index < -0.39 is 25.6 Å². The Morgan fingerprint density at radius 3 is 2.53 bits per heavy atom. The van der Waals surface area contributed by atoms with Gasteiger partial charge in [0.25, 0.3) is 10.1 Å². The highest BCUT2D eigenvalue weighted by molar-refractivity contribution is 7.86. The van der Waals surface area contributed by atoms with E-state index in [0.717, 1.165) is 6.07 Å². The van der Waals surface area contributed by atoms with Crippen molar-refractivity contribution in [3.8, 4) is 5.75 Å². The molecule has 0 unspecified atom stereocenters. The van der Waals surface area contributed by atoms with Crippen LogP contribution in [0.4, 0.5) is 11.4 Å². The van der Waals surface area contributed by atoms with E-state index in [-0.39, 0.29) is 24.7 Å². The van der Waals surface area contributed by atoms with Gasteiger partial charge in [0.15, 0.2) is 5.75 Å². The van der Waals surface area contributed by atoms with E-state index in [2.05, 4.69) is 0 Å². The molecule has 19 heavy (non-hydrogen) atoms. The van der Waals surface area contributed by atoms with Crippen LogP contribution in [0.25, 0.3) is 0 Å². The fourth-order valence-corrected chi connectivity index (χ4v) is 1.90. The van der Waals surface area contributed by atoms with Gasteiger partial charge in [0, 0.05) is 19.2 Å². The maximum Gasteiger partial charge on any atom is 0.312 e.